The van der Waals surface area contributed by atoms with Crippen molar-refractivity contribution >= 4 is 15.9 Å². The Kier molecular flexibility index (Phi) is 5.34. The number of carbonyl (C=O) groups excluding carboxylic acids is 1. The Hall–Kier alpha value is -2.26. The second-order valence-corrected chi connectivity index (χ2v) is 8.97. The lowest BCUT2D eigenvalue weighted by atomic mass is 10.2. The molecular weight excluding hydrogens is 368 g/mol. The summed E-state index contributed by atoms with van der Waals surface area (Å²) < 4.78 is 32.8. The Morgan fingerprint density at radius 1 is 1.11 bits per heavy atom. The lowest BCUT2D eigenvalue weighted by Crippen LogP contribution is -2.50. The first-order valence-electron chi connectivity index (χ1n) is 8.90. The topological polar surface area (TPSA) is 96.6 Å². The van der Waals surface area contributed by atoms with Crippen molar-refractivity contribution in [2.75, 3.05) is 26.2 Å². The van der Waals surface area contributed by atoms with Crippen LogP contribution >= 0.6 is 0 Å². The zero-order valence-electron chi connectivity index (χ0n) is 16.0. The van der Waals surface area contributed by atoms with Gasteiger partial charge in [0, 0.05) is 32.1 Å². The number of rotatable bonds is 4. The fourth-order valence-electron chi connectivity index (χ4n) is 2.95. The number of aryl methyl sites for hydroxylation is 2. The van der Waals surface area contributed by atoms with Crippen LogP contribution in [0.3, 0.4) is 0 Å². The zero-order chi connectivity index (χ0) is 19.8. The maximum absolute atomic E-state index is 13.0. The molecule has 0 N–H and O–H groups in total. The van der Waals surface area contributed by atoms with Gasteiger partial charge < -0.3 is 9.32 Å². The molecule has 0 radical (unpaired) electrons. The van der Waals surface area contributed by atoms with Gasteiger partial charge in [-0.2, -0.15) is 4.31 Å². The molecule has 0 saturated carbocycles. The molecule has 27 heavy (non-hydrogen) atoms. The maximum atomic E-state index is 13.0. The van der Waals surface area contributed by atoms with Crippen molar-refractivity contribution in [3.8, 4) is 0 Å². The van der Waals surface area contributed by atoms with E-state index in [0.717, 1.165) is 5.56 Å². The molecule has 0 unspecified atom stereocenters. The van der Waals surface area contributed by atoms with Crippen LogP contribution in [0.5, 0.6) is 0 Å². The third-order valence-corrected chi connectivity index (χ3v) is 6.65. The van der Waals surface area contributed by atoms with Gasteiger partial charge in [0.05, 0.1) is 4.90 Å². The van der Waals surface area contributed by atoms with Gasteiger partial charge in [0.2, 0.25) is 15.9 Å². The van der Waals surface area contributed by atoms with Crippen molar-refractivity contribution in [2.45, 2.75) is 38.5 Å². The number of carbonyl (C=O) groups is 1. The standard InChI is InChI=1S/C18H24N4O4S/c1-12(2)16-19-20-17(26-16)18(23)21-7-9-22(10-8-21)27(24,25)15-11-13(3)5-6-14(15)4/h5-6,11-12H,7-10H2,1-4H3. The van der Waals surface area contributed by atoms with Gasteiger partial charge in [0.15, 0.2) is 0 Å². The number of sulfonamides is 1. The number of amides is 1. The van der Waals surface area contributed by atoms with Crippen LogP contribution in [0.15, 0.2) is 27.5 Å². The Morgan fingerprint density at radius 3 is 2.37 bits per heavy atom. The zero-order valence-corrected chi connectivity index (χ0v) is 16.8. The third kappa shape index (κ3) is 3.89. The molecule has 2 aromatic rings. The van der Waals surface area contributed by atoms with E-state index in [0.29, 0.717) is 16.3 Å². The minimum atomic E-state index is -3.59. The molecule has 1 aromatic heterocycles. The normalized spacial score (nSPS) is 16.1. The largest absolute Gasteiger partial charge is 0.417 e. The van der Waals surface area contributed by atoms with Crippen molar-refractivity contribution in [3.05, 3.63) is 41.1 Å². The first kappa shape index (κ1) is 19.5. The average Bonchev–Trinajstić information content (AvgIpc) is 3.13. The highest BCUT2D eigenvalue weighted by molar-refractivity contribution is 7.89. The molecule has 1 amide bonds. The SMILES string of the molecule is Cc1ccc(C)c(S(=O)(=O)N2CCN(C(=O)c3nnc(C(C)C)o3)CC2)c1. The fourth-order valence-corrected chi connectivity index (χ4v) is 4.68. The molecule has 9 heteroatoms. The monoisotopic (exact) mass is 392 g/mol. The second-order valence-electron chi connectivity index (χ2n) is 7.07. The van der Waals surface area contributed by atoms with Gasteiger partial charge in [-0.05, 0) is 31.0 Å². The molecule has 0 atom stereocenters. The predicted octanol–water partition coefficient (Wildman–Crippen LogP) is 1.96. The molecule has 0 bridgehead atoms. The Bertz CT molecular complexity index is 944. The van der Waals surface area contributed by atoms with E-state index < -0.39 is 10.0 Å². The smallest absolute Gasteiger partial charge is 0.311 e. The highest BCUT2D eigenvalue weighted by Crippen LogP contribution is 2.23. The molecule has 1 aliphatic heterocycles. The maximum Gasteiger partial charge on any atom is 0.311 e. The fraction of sp³-hybridized carbons (Fsp3) is 0.500. The van der Waals surface area contributed by atoms with Gasteiger partial charge in [-0.15, -0.1) is 10.2 Å². The first-order chi connectivity index (χ1) is 12.7. The number of piperazine rings is 1. The predicted molar refractivity (Wildman–Crippen MR) is 99.0 cm³/mol. The van der Waals surface area contributed by atoms with Crippen molar-refractivity contribution in [1.29, 1.82) is 0 Å². The Morgan fingerprint density at radius 2 is 1.78 bits per heavy atom. The van der Waals surface area contributed by atoms with E-state index in [2.05, 4.69) is 10.2 Å². The van der Waals surface area contributed by atoms with Gasteiger partial charge in [0.1, 0.15) is 0 Å². The summed E-state index contributed by atoms with van der Waals surface area (Å²) in [5, 5.41) is 7.68. The van der Waals surface area contributed by atoms with E-state index in [-0.39, 0.29) is 43.9 Å². The number of nitrogens with zero attached hydrogens (tertiary/aromatic N) is 4. The highest BCUT2D eigenvalue weighted by Gasteiger charge is 2.32. The molecule has 1 aromatic carbocycles. The van der Waals surface area contributed by atoms with E-state index in [1.807, 2.05) is 32.9 Å². The minimum absolute atomic E-state index is 0.0404. The van der Waals surface area contributed by atoms with Crippen molar-refractivity contribution in [2.24, 2.45) is 0 Å². The molecule has 0 aliphatic carbocycles. The van der Waals surface area contributed by atoms with Crippen LogP contribution in [0.25, 0.3) is 0 Å². The van der Waals surface area contributed by atoms with Gasteiger partial charge in [-0.3, -0.25) is 4.79 Å². The van der Waals surface area contributed by atoms with Crippen LogP contribution in [0, 0.1) is 13.8 Å². The van der Waals surface area contributed by atoms with Crippen LogP contribution in [-0.2, 0) is 10.0 Å². The summed E-state index contributed by atoms with van der Waals surface area (Å²) in [6.07, 6.45) is 0. The minimum Gasteiger partial charge on any atom is -0.417 e. The molecule has 3 rings (SSSR count). The highest BCUT2D eigenvalue weighted by atomic mass is 32.2. The van der Waals surface area contributed by atoms with Crippen molar-refractivity contribution in [1.82, 2.24) is 19.4 Å². The molecule has 2 heterocycles. The number of aromatic nitrogens is 2. The van der Waals surface area contributed by atoms with E-state index in [9.17, 15) is 13.2 Å². The van der Waals surface area contributed by atoms with Gasteiger partial charge >= 0.3 is 11.8 Å². The van der Waals surface area contributed by atoms with Gasteiger partial charge in [-0.1, -0.05) is 26.0 Å². The van der Waals surface area contributed by atoms with Gasteiger partial charge in [0.25, 0.3) is 0 Å². The first-order valence-corrected chi connectivity index (χ1v) is 10.3. The summed E-state index contributed by atoms with van der Waals surface area (Å²) in [6.45, 7) is 8.47. The molecule has 1 aliphatic rings. The summed E-state index contributed by atoms with van der Waals surface area (Å²) in [5.74, 6) is 0.0378. The summed E-state index contributed by atoms with van der Waals surface area (Å²) >= 11 is 0. The quantitative estimate of drug-likeness (QED) is 0.789. The Labute approximate surface area is 159 Å². The molecule has 1 saturated heterocycles. The summed E-state index contributed by atoms with van der Waals surface area (Å²) in [4.78, 5) is 14.4. The summed E-state index contributed by atoms with van der Waals surface area (Å²) in [6, 6.07) is 5.39. The van der Waals surface area contributed by atoms with Crippen LogP contribution in [0.4, 0.5) is 0 Å². The van der Waals surface area contributed by atoms with Crippen LogP contribution in [0.2, 0.25) is 0 Å². The van der Waals surface area contributed by atoms with Crippen LogP contribution in [0.1, 0.15) is 47.5 Å². The van der Waals surface area contributed by atoms with E-state index >= 15 is 0 Å². The Balaban J connectivity index is 1.71. The van der Waals surface area contributed by atoms with Gasteiger partial charge in [-0.25, -0.2) is 8.42 Å². The van der Waals surface area contributed by atoms with E-state index in [1.54, 1.807) is 17.9 Å². The third-order valence-electron chi connectivity index (χ3n) is 4.60. The lowest BCUT2D eigenvalue weighted by molar-refractivity contribution is 0.0655. The molecule has 146 valence electrons. The molecular formula is C18H24N4O4S. The van der Waals surface area contributed by atoms with E-state index in [1.165, 1.54) is 4.31 Å². The summed E-state index contributed by atoms with van der Waals surface area (Å²) in [5.41, 5.74) is 1.61. The van der Waals surface area contributed by atoms with E-state index in [4.69, 9.17) is 4.42 Å². The average molecular weight is 392 g/mol. The second kappa shape index (κ2) is 7.40. The van der Waals surface area contributed by atoms with Crippen LogP contribution in [-0.4, -0.2) is 59.9 Å². The van der Waals surface area contributed by atoms with Crippen molar-refractivity contribution < 1.29 is 17.6 Å². The number of benzene rings is 1. The number of hydrogen-bond donors (Lipinski definition) is 0. The number of hydrogen-bond acceptors (Lipinski definition) is 6. The summed E-state index contributed by atoms with van der Waals surface area (Å²) in [7, 11) is -3.59. The lowest BCUT2D eigenvalue weighted by Gasteiger charge is -2.33. The molecule has 1 fully saturated rings. The van der Waals surface area contributed by atoms with Crippen molar-refractivity contribution in [3.63, 3.8) is 0 Å². The molecule has 0 spiro atoms. The molecule has 8 nitrogen and oxygen atoms in total. The van der Waals surface area contributed by atoms with Crippen LogP contribution < -0.4 is 0 Å².